The second-order valence-electron chi connectivity index (χ2n) is 9.60. The van der Waals surface area contributed by atoms with Gasteiger partial charge in [0.2, 0.25) is 0 Å². The summed E-state index contributed by atoms with van der Waals surface area (Å²) in [7, 11) is 1.64. The number of ether oxygens (including phenoxy) is 3. The fourth-order valence-corrected chi connectivity index (χ4v) is 5.51. The van der Waals surface area contributed by atoms with Crippen molar-refractivity contribution in [2.24, 2.45) is 0 Å². The van der Waals surface area contributed by atoms with E-state index >= 15 is 0 Å². The van der Waals surface area contributed by atoms with Gasteiger partial charge in [-0.05, 0) is 31.4 Å². The highest BCUT2D eigenvalue weighted by atomic mass is 32.1. The molecule has 0 saturated carbocycles. The number of methoxy groups -OCH3 is 1. The molecule has 2 aliphatic rings. The summed E-state index contributed by atoms with van der Waals surface area (Å²) in [5, 5.41) is 15.9. The van der Waals surface area contributed by atoms with Crippen LogP contribution in [0, 0.1) is 0 Å². The first-order chi connectivity index (χ1) is 17.5. The smallest absolute Gasteiger partial charge is 0.197 e. The van der Waals surface area contributed by atoms with Gasteiger partial charge in [-0.3, -0.25) is 14.8 Å². The number of thiophene rings is 1. The number of aromatic nitrogens is 4. The zero-order valence-electron chi connectivity index (χ0n) is 20.4. The van der Waals surface area contributed by atoms with Gasteiger partial charge in [-0.2, -0.15) is 21.5 Å². The van der Waals surface area contributed by atoms with Crippen LogP contribution in [0.4, 0.5) is 0 Å². The molecule has 2 aliphatic heterocycles. The van der Waals surface area contributed by atoms with E-state index in [4.69, 9.17) is 19.3 Å². The van der Waals surface area contributed by atoms with Crippen molar-refractivity contribution in [2.75, 3.05) is 33.4 Å². The normalized spacial score (nSPS) is 16.8. The molecule has 0 atom stereocenters. The first-order valence-corrected chi connectivity index (χ1v) is 12.8. The summed E-state index contributed by atoms with van der Waals surface area (Å²) in [5.41, 5.74) is 5.44. The van der Waals surface area contributed by atoms with Crippen molar-refractivity contribution in [3.05, 3.63) is 52.6 Å². The standard InChI is InChI=1S/C26H27N5O4S/c1-26(2)15-34-6-5-30(26)12-21(32)24-20-13-35-23-9-22(33-3)18(16-10-27-28-11-16)8-19(23)25(20)31(29-24)17-4-7-36-14-17/h4,7-11,14H,5-6,12-13,15H2,1-3H3,(H,27,28). The van der Waals surface area contributed by atoms with E-state index in [-0.39, 0.29) is 24.5 Å². The second-order valence-corrected chi connectivity index (χ2v) is 10.4. The zero-order valence-corrected chi connectivity index (χ0v) is 21.2. The van der Waals surface area contributed by atoms with E-state index in [0.717, 1.165) is 33.6 Å². The summed E-state index contributed by atoms with van der Waals surface area (Å²) >= 11 is 1.59. The van der Waals surface area contributed by atoms with Crippen molar-refractivity contribution in [2.45, 2.75) is 26.0 Å². The number of hydrogen-bond acceptors (Lipinski definition) is 8. The molecule has 9 nitrogen and oxygen atoms in total. The predicted octanol–water partition coefficient (Wildman–Crippen LogP) is 4.19. The molecular weight excluding hydrogens is 478 g/mol. The molecule has 36 heavy (non-hydrogen) atoms. The molecule has 0 amide bonds. The van der Waals surface area contributed by atoms with Gasteiger partial charge in [0.1, 0.15) is 23.8 Å². The number of fused-ring (bicyclic) bond motifs is 3. The van der Waals surface area contributed by atoms with Crippen LogP contribution in [-0.4, -0.2) is 69.6 Å². The van der Waals surface area contributed by atoms with Crippen LogP contribution in [0.25, 0.3) is 28.1 Å². The summed E-state index contributed by atoms with van der Waals surface area (Å²) < 4.78 is 19.3. The summed E-state index contributed by atoms with van der Waals surface area (Å²) in [6.07, 6.45) is 3.58. The molecule has 0 bridgehead atoms. The van der Waals surface area contributed by atoms with Gasteiger partial charge in [0.15, 0.2) is 5.78 Å². The highest BCUT2D eigenvalue weighted by Crippen LogP contribution is 2.46. The highest BCUT2D eigenvalue weighted by molar-refractivity contribution is 7.08. The van der Waals surface area contributed by atoms with Crippen LogP contribution in [0.2, 0.25) is 0 Å². The lowest BCUT2D eigenvalue weighted by molar-refractivity contribution is -0.0468. The van der Waals surface area contributed by atoms with Crippen LogP contribution >= 0.6 is 11.3 Å². The Labute approximate surface area is 212 Å². The maximum absolute atomic E-state index is 13.7. The molecule has 1 aromatic carbocycles. The van der Waals surface area contributed by atoms with Crippen LogP contribution in [-0.2, 0) is 11.3 Å². The average Bonchev–Trinajstić information content (AvgIpc) is 3.65. The molecule has 3 aromatic heterocycles. The number of morpholine rings is 1. The van der Waals surface area contributed by atoms with Gasteiger partial charge in [0.25, 0.3) is 0 Å². The van der Waals surface area contributed by atoms with E-state index in [1.807, 2.05) is 39.8 Å². The monoisotopic (exact) mass is 505 g/mol. The third kappa shape index (κ3) is 3.82. The topological polar surface area (TPSA) is 94.5 Å². The Balaban J connectivity index is 1.48. The van der Waals surface area contributed by atoms with Crippen LogP contribution in [0.3, 0.4) is 0 Å². The molecule has 5 heterocycles. The number of H-pyrrole nitrogens is 1. The van der Waals surface area contributed by atoms with E-state index in [1.165, 1.54) is 0 Å². The Morgan fingerprint density at radius 1 is 1.31 bits per heavy atom. The van der Waals surface area contributed by atoms with Crippen LogP contribution in [0.5, 0.6) is 11.5 Å². The van der Waals surface area contributed by atoms with Gasteiger partial charge in [-0.15, -0.1) is 0 Å². The molecule has 4 aromatic rings. The first kappa shape index (κ1) is 23.0. The maximum atomic E-state index is 13.7. The molecule has 1 N–H and O–H groups in total. The minimum absolute atomic E-state index is 0.0224. The Morgan fingerprint density at radius 3 is 2.92 bits per heavy atom. The Hall–Kier alpha value is -3.47. The third-order valence-corrected chi connectivity index (χ3v) is 7.56. The molecule has 0 unspecified atom stereocenters. The second kappa shape index (κ2) is 8.88. The maximum Gasteiger partial charge on any atom is 0.197 e. The molecule has 1 fully saturated rings. The number of nitrogens with one attached hydrogen (secondary N) is 1. The molecular formula is C26H27N5O4S. The summed E-state index contributed by atoms with van der Waals surface area (Å²) in [6.45, 7) is 6.66. The number of rotatable bonds is 6. The largest absolute Gasteiger partial charge is 0.496 e. The van der Waals surface area contributed by atoms with Crippen LogP contribution in [0.15, 0.2) is 41.4 Å². The van der Waals surface area contributed by atoms with E-state index in [9.17, 15) is 4.79 Å². The molecule has 6 rings (SSSR count). The van der Waals surface area contributed by atoms with Crippen molar-refractivity contribution in [1.82, 2.24) is 24.9 Å². The zero-order chi connectivity index (χ0) is 24.9. The number of aromatic amines is 1. The summed E-state index contributed by atoms with van der Waals surface area (Å²) in [4.78, 5) is 15.9. The third-order valence-electron chi connectivity index (χ3n) is 6.89. The minimum Gasteiger partial charge on any atom is -0.496 e. The van der Waals surface area contributed by atoms with Crippen molar-refractivity contribution in [3.8, 4) is 39.6 Å². The van der Waals surface area contributed by atoms with Crippen molar-refractivity contribution >= 4 is 17.1 Å². The molecule has 0 spiro atoms. The Kier molecular flexibility index (Phi) is 5.66. The SMILES string of the molecule is COc1cc2c(cc1-c1cn[nH]c1)-c1c(c(C(=O)CN3CCOCC3(C)C)nn1-c1ccsc1)CO2. The van der Waals surface area contributed by atoms with Gasteiger partial charge in [0.05, 0.1) is 44.4 Å². The predicted molar refractivity (Wildman–Crippen MR) is 136 cm³/mol. The number of carbonyl (C=O) groups excluding carboxylic acids is 1. The van der Waals surface area contributed by atoms with E-state index < -0.39 is 0 Å². The first-order valence-electron chi connectivity index (χ1n) is 11.8. The van der Waals surface area contributed by atoms with E-state index in [1.54, 1.807) is 24.6 Å². The molecule has 0 radical (unpaired) electrons. The van der Waals surface area contributed by atoms with E-state index in [2.05, 4.69) is 28.9 Å². The van der Waals surface area contributed by atoms with Crippen molar-refractivity contribution in [3.63, 3.8) is 0 Å². The van der Waals surface area contributed by atoms with Gasteiger partial charge in [-0.25, -0.2) is 4.68 Å². The van der Waals surface area contributed by atoms with Gasteiger partial charge >= 0.3 is 0 Å². The van der Waals surface area contributed by atoms with Crippen LogP contribution in [0.1, 0.15) is 29.9 Å². The Bertz CT molecular complexity index is 1410. The number of nitrogens with zero attached hydrogens (tertiary/aromatic N) is 4. The summed E-state index contributed by atoms with van der Waals surface area (Å²) in [5.74, 6) is 1.35. The number of benzene rings is 1. The molecule has 0 aliphatic carbocycles. The van der Waals surface area contributed by atoms with Crippen molar-refractivity contribution in [1.29, 1.82) is 0 Å². The highest BCUT2D eigenvalue weighted by Gasteiger charge is 2.35. The fraction of sp³-hybridized carbons (Fsp3) is 0.346. The number of hydrogen-bond donors (Lipinski definition) is 1. The van der Waals surface area contributed by atoms with Gasteiger partial charge in [0, 0.05) is 52.0 Å². The summed E-state index contributed by atoms with van der Waals surface area (Å²) in [6, 6.07) is 5.93. The lowest BCUT2D eigenvalue weighted by Crippen LogP contribution is -2.54. The fourth-order valence-electron chi connectivity index (χ4n) is 4.89. The number of carbonyl (C=O) groups is 1. The van der Waals surface area contributed by atoms with Crippen molar-refractivity contribution < 1.29 is 19.0 Å². The van der Waals surface area contributed by atoms with Gasteiger partial charge in [-0.1, -0.05) is 0 Å². The van der Waals surface area contributed by atoms with E-state index in [0.29, 0.717) is 37.0 Å². The Morgan fingerprint density at radius 2 is 2.19 bits per heavy atom. The minimum atomic E-state index is -0.219. The lowest BCUT2D eigenvalue weighted by atomic mass is 9.96. The molecule has 1 saturated heterocycles. The average molecular weight is 506 g/mol. The number of Topliss-reactive ketones (excluding diaryl/α,β-unsaturated/α-hetero) is 1. The van der Waals surface area contributed by atoms with Crippen LogP contribution < -0.4 is 9.47 Å². The molecule has 10 heteroatoms. The lowest BCUT2D eigenvalue weighted by Gasteiger charge is -2.41. The quantitative estimate of drug-likeness (QED) is 0.393. The molecule has 186 valence electrons. The van der Waals surface area contributed by atoms with Gasteiger partial charge < -0.3 is 14.2 Å². The number of ketones is 1.